The summed E-state index contributed by atoms with van der Waals surface area (Å²) in [5, 5.41) is 9.98. The largest absolute Gasteiger partial charge is 0.481 e. The molecule has 3 nitrogen and oxygen atoms in total. The highest BCUT2D eigenvalue weighted by molar-refractivity contribution is 5.79. The lowest BCUT2D eigenvalue weighted by Gasteiger charge is -2.28. The number of carboxylic acids is 1. The van der Waals surface area contributed by atoms with E-state index in [0.717, 1.165) is 24.8 Å². The van der Waals surface area contributed by atoms with Crippen LogP contribution in [0.2, 0.25) is 0 Å². The van der Waals surface area contributed by atoms with Crippen molar-refractivity contribution >= 4 is 16.9 Å². The Labute approximate surface area is 125 Å². The second-order valence-corrected chi connectivity index (χ2v) is 6.11. The van der Waals surface area contributed by atoms with Gasteiger partial charge in [0.1, 0.15) is 0 Å². The Kier molecular flexibility index (Phi) is 4.18. The molecule has 1 heterocycles. The van der Waals surface area contributed by atoms with Crippen LogP contribution in [0, 0.1) is 5.92 Å². The Bertz CT molecular complexity index is 630. The average Bonchev–Trinajstić information content (AvgIpc) is 2.53. The monoisotopic (exact) mass is 283 g/mol. The van der Waals surface area contributed by atoms with E-state index >= 15 is 0 Å². The highest BCUT2D eigenvalue weighted by Gasteiger charge is 2.22. The van der Waals surface area contributed by atoms with Crippen molar-refractivity contribution in [3.63, 3.8) is 0 Å². The van der Waals surface area contributed by atoms with Crippen LogP contribution < -0.4 is 0 Å². The summed E-state index contributed by atoms with van der Waals surface area (Å²) < 4.78 is 0. The van der Waals surface area contributed by atoms with E-state index in [-0.39, 0.29) is 0 Å². The van der Waals surface area contributed by atoms with Gasteiger partial charge in [-0.1, -0.05) is 12.1 Å². The summed E-state index contributed by atoms with van der Waals surface area (Å²) in [4.78, 5) is 15.0. The van der Waals surface area contributed by atoms with Crippen LogP contribution in [0.3, 0.4) is 0 Å². The number of carboxylic acid groups (broad SMARTS) is 1. The second kappa shape index (κ2) is 6.25. The van der Waals surface area contributed by atoms with Crippen molar-refractivity contribution in [2.45, 2.75) is 44.4 Å². The predicted molar refractivity (Wildman–Crippen MR) is 83.3 cm³/mol. The zero-order chi connectivity index (χ0) is 14.7. The molecule has 0 bridgehead atoms. The molecule has 0 saturated heterocycles. The molecule has 1 aromatic heterocycles. The molecular weight excluding hydrogens is 262 g/mol. The van der Waals surface area contributed by atoms with E-state index in [4.69, 9.17) is 5.11 Å². The Hall–Kier alpha value is -1.90. The molecule has 1 aliphatic carbocycles. The summed E-state index contributed by atoms with van der Waals surface area (Å²) >= 11 is 0. The molecule has 0 aliphatic heterocycles. The zero-order valence-electron chi connectivity index (χ0n) is 12.2. The van der Waals surface area contributed by atoms with Gasteiger partial charge in [0.25, 0.3) is 0 Å². The number of rotatable bonds is 4. The van der Waals surface area contributed by atoms with Crippen LogP contribution in [0.4, 0.5) is 0 Å². The molecule has 0 amide bonds. The maximum atomic E-state index is 10.6. The SMILES string of the molecule is O=C(O)CCC1CCC(c2ccc3ncccc3c2)CC1. The number of hydrogen-bond acceptors (Lipinski definition) is 2. The first-order valence-electron chi connectivity index (χ1n) is 7.79. The quantitative estimate of drug-likeness (QED) is 0.906. The molecule has 3 heteroatoms. The maximum absolute atomic E-state index is 10.6. The van der Waals surface area contributed by atoms with Crippen LogP contribution in [-0.4, -0.2) is 16.1 Å². The van der Waals surface area contributed by atoms with Crippen LogP contribution in [-0.2, 0) is 4.79 Å². The summed E-state index contributed by atoms with van der Waals surface area (Å²) in [5.41, 5.74) is 2.46. The van der Waals surface area contributed by atoms with Crippen LogP contribution in [0.1, 0.15) is 50.0 Å². The summed E-state index contributed by atoms with van der Waals surface area (Å²) in [5.74, 6) is 0.550. The molecule has 0 radical (unpaired) electrons. The van der Waals surface area contributed by atoms with Gasteiger partial charge < -0.3 is 5.11 Å². The third-order valence-corrected chi connectivity index (χ3v) is 4.71. The third-order valence-electron chi connectivity index (χ3n) is 4.71. The number of pyridine rings is 1. The molecule has 1 N–H and O–H groups in total. The van der Waals surface area contributed by atoms with Gasteiger partial charge in [-0.05, 0) is 67.7 Å². The van der Waals surface area contributed by atoms with Crippen LogP contribution in [0.25, 0.3) is 10.9 Å². The van der Waals surface area contributed by atoms with Crippen LogP contribution in [0.15, 0.2) is 36.5 Å². The van der Waals surface area contributed by atoms with Gasteiger partial charge in [0.05, 0.1) is 5.52 Å². The lowest BCUT2D eigenvalue weighted by molar-refractivity contribution is -0.137. The first-order valence-corrected chi connectivity index (χ1v) is 7.79. The molecule has 110 valence electrons. The molecule has 0 atom stereocenters. The molecule has 3 rings (SSSR count). The fourth-order valence-electron chi connectivity index (χ4n) is 3.46. The van der Waals surface area contributed by atoms with Crippen molar-refractivity contribution < 1.29 is 9.90 Å². The van der Waals surface area contributed by atoms with E-state index in [1.807, 2.05) is 12.3 Å². The van der Waals surface area contributed by atoms with Gasteiger partial charge in [-0.2, -0.15) is 0 Å². The van der Waals surface area contributed by atoms with Gasteiger partial charge in [-0.3, -0.25) is 9.78 Å². The van der Waals surface area contributed by atoms with Gasteiger partial charge in [-0.15, -0.1) is 0 Å². The minimum Gasteiger partial charge on any atom is -0.481 e. The number of aromatic nitrogens is 1. The highest BCUT2D eigenvalue weighted by Crippen LogP contribution is 2.38. The standard InChI is InChI=1S/C18H21NO2/c20-18(21)10-5-13-3-6-14(7-4-13)15-8-9-17-16(12-15)2-1-11-19-17/h1-2,8-9,11-14H,3-7,10H2,(H,20,21). The first-order chi connectivity index (χ1) is 10.2. The molecule has 1 aromatic carbocycles. The molecule has 1 fully saturated rings. The lowest BCUT2D eigenvalue weighted by Crippen LogP contribution is -2.14. The van der Waals surface area contributed by atoms with E-state index in [0.29, 0.717) is 18.3 Å². The number of nitrogens with zero attached hydrogens (tertiary/aromatic N) is 1. The van der Waals surface area contributed by atoms with Crippen molar-refractivity contribution in [2.24, 2.45) is 5.92 Å². The molecule has 21 heavy (non-hydrogen) atoms. The normalized spacial score (nSPS) is 22.3. The third kappa shape index (κ3) is 3.41. The number of hydrogen-bond donors (Lipinski definition) is 1. The van der Waals surface area contributed by atoms with Gasteiger partial charge in [-0.25, -0.2) is 0 Å². The lowest BCUT2D eigenvalue weighted by atomic mass is 9.77. The van der Waals surface area contributed by atoms with Crippen LogP contribution >= 0.6 is 0 Å². The fourth-order valence-corrected chi connectivity index (χ4v) is 3.46. The van der Waals surface area contributed by atoms with E-state index in [1.54, 1.807) is 0 Å². The second-order valence-electron chi connectivity index (χ2n) is 6.11. The van der Waals surface area contributed by atoms with Crippen molar-refractivity contribution in [3.05, 3.63) is 42.1 Å². The molecule has 1 aliphatic rings. The number of fused-ring (bicyclic) bond motifs is 1. The predicted octanol–water partition coefficient (Wildman–Crippen LogP) is 4.37. The summed E-state index contributed by atoms with van der Waals surface area (Å²) in [6, 6.07) is 10.7. The topological polar surface area (TPSA) is 50.2 Å². The number of aliphatic carboxylic acids is 1. The summed E-state index contributed by atoms with van der Waals surface area (Å²) in [7, 11) is 0. The summed E-state index contributed by atoms with van der Waals surface area (Å²) in [6.45, 7) is 0. The van der Waals surface area contributed by atoms with Crippen molar-refractivity contribution in [1.82, 2.24) is 4.98 Å². The van der Waals surface area contributed by atoms with Gasteiger partial charge in [0, 0.05) is 18.0 Å². The van der Waals surface area contributed by atoms with Gasteiger partial charge >= 0.3 is 5.97 Å². The van der Waals surface area contributed by atoms with Crippen molar-refractivity contribution in [1.29, 1.82) is 0 Å². The molecule has 0 unspecified atom stereocenters. The van der Waals surface area contributed by atoms with E-state index < -0.39 is 5.97 Å². The van der Waals surface area contributed by atoms with Gasteiger partial charge in [0.15, 0.2) is 0 Å². The summed E-state index contributed by atoms with van der Waals surface area (Å²) in [6.07, 6.45) is 7.65. The number of carbonyl (C=O) groups is 1. The molecule has 1 saturated carbocycles. The highest BCUT2D eigenvalue weighted by atomic mass is 16.4. The minimum atomic E-state index is -0.667. The van der Waals surface area contributed by atoms with Crippen LogP contribution in [0.5, 0.6) is 0 Å². The van der Waals surface area contributed by atoms with Crippen molar-refractivity contribution in [2.75, 3.05) is 0 Å². The molecular formula is C18H21NO2. The van der Waals surface area contributed by atoms with E-state index in [2.05, 4.69) is 29.2 Å². The number of benzene rings is 1. The maximum Gasteiger partial charge on any atom is 0.303 e. The average molecular weight is 283 g/mol. The Balaban J connectivity index is 1.64. The molecule has 0 spiro atoms. The molecule has 2 aromatic rings. The smallest absolute Gasteiger partial charge is 0.303 e. The van der Waals surface area contributed by atoms with E-state index in [9.17, 15) is 4.79 Å². The van der Waals surface area contributed by atoms with Gasteiger partial charge in [0.2, 0.25) is 0 Å². The Morgan fingerprint density at radius 2 is 2.00 bits per heavy atom. The van der Waals surface area contributed by atoms with E-state index in [1.165, 1.54) is 23.8 Å². The minimum absolute atomic E-state index is 0.316. The van der Waals surface area contributed by atoms with Crippen molar-refractivity contribution in [3.8, 4) is 0 Å². The Morgan fingerprint density at radius 1 is 1.19 bits per heavy atom. The fraction of sp³-hybridized carbons (Fsp3) is 0.444. The Morgan fingerprint density at radius 3 is 2.76 bits per heavy atom. The zero-order valence-corrected chi connectivity index (χ0v) is 12.2. The first kappa shape index (κ1) is 14.1.